The molecular weight excluding hydrogens is 260 g/mol. The van der Waals surface area contributed by atoms with Gasteiger partial charge in [0.1, 0.15) is 5.76 Å². The zero-order valence-corrected chi connectivity index (χ0v) is 9.23. The smallest absolute Gasteiger partial charge is 0.221 e. The monoisotopic (exact) mass is 266 g/mol. The van der Waals surface area contributed by atoms with E-state index in [-0.39, 0.29) is 5.78 Å². The van der Waals surface area contributed by atoms with Gasteiger partial charge >= 0.3 is 0 Å². The number of carbonyl (C=O) groups is 1. The summed E-state index contributed by atoms with van der Waals surface area (Å²) < 4.78 is 10.8. The van der Waals surface area contributed by atoms with Gasteiger partial charge in [-0.15, -0.1) is 0 Å². The SMILES string of the molecule is O=C(C=Cc1ccc(Br)o1)c1ccco1. The third kappa shape index (κ3) is 2.47. The van der Waals surface area contributed by atoms with Crippen molar-refractivity contribution in [2.75, 3.05) is 0 Å². The summed E-state index contributed by atoms with van der Waals surface area (Å²) in [6.07, 6.45) is 4.46. The van der Waals surface area contributed by atoms with Gasteiger partial charge in [0, 0.05) is 0 Å². The van der Waals surface area contributed by atoms with Gasteiger partial charge in [0.15, 0.2) is 10.4 Å². The Morgan fingerprint density at radius 2 is 2.20 bits per heavy atom. The van der Waals surface area contributed by atoms with Crippen LogP contribution in [0.4, 0.5) is 0 Å². The molecule has 0 aliphatic carbocycles. The molecule has 2 aromatic rings. The van der Waals surface area contributed by atoms with Gasteiger partial charge in [-0.2, -0.15) is 0 Å². The highest BCUT2D eigenvalue weighted by molar-refractivity contribution is 9.10. The lowest BCUT2D eigenvalue weighted by atomic mass is 10.2. The molecule has 0 atom stereocenters. The van der Waals surface area contributed by atoms with E-state index < -0.39 is 0 Å². The molecule has 0 saturated carbocycles. The van der Waals surface area contributed by atoms with E-state index in [1.165, 1.54) is 12.3 Å². The summed E-state index contributed by atoms with van der Waals surface area (Å²) in [4.78, 5) is 11.5. The maximum absolute atomic E-state index is 11.5. The molecule has 0 aliphatic heterocycles. The molecule has 0 spiro atoms. The number of hydrogen-bond acceptors (Lipinski definition) is 3. The Bertz CT molecular complexity index is 480. The molecule has 4 heteroatoms. The number of carbonyl (C=O) groups excluding carboxylic acids is 1. The molecule has 0 unspecified atom stereocenters. The number of rotatable bonds is 3. The van der Waals surface area contributed by atoms with Gasteiger partial charge in [0.05, 0.1) is 6.26 Å². The minimum Gasteiger partial charge on any atom is -0.461 e. The standard InChI is InChI=1S/C11H7BrO3/c12-11-6-4-8(15-11)3-5-9(13)10-2-1-7-14-10/h1-7H. The zero-order chi connectivity index (χ0) is 10.7. The van der Waals surface area contributed by atoms with Crippen molar-refractivity contribution in [3.8, 4) is 0 Å². The van der Waals surface area contributed by atoms with Crippen LogP contribution in [0.1, 0.15) is 16.3 Å². The van der Waals surface area contributed by atoms with Gasteiger partial charge in [0.2, 0.25) is 5.78 Å². The number of furan rings is 2. The van der Waals surface area contributed by atoms with E-state index in [9.17, 15) is 4.79 Å². The summed E-state index contributed by atoms with van der Waals surface area (Å²) in [5, 5.41) is 0. The van der Waals surface area contributed by atoms with E-state index in [0.717, 1.165) is 0 Å². The zero-order valence-electron chi connectivity index (χ0n) is 7.64. The van der Waals surface area contributed by atoms with Crippen LogP contribution in [0.2, 0.25) is 0 Å². The van der Waals surface area contributed by atoms with Crippen molar-refractivity contribution in [1.82, 2.24) is 0 Å². The number of ketones is 1. The van der Waals surface area contributed by atoms with Gasteiger partial charge < -0.3 is 8.83 Å². The average molecular weight is 267 g/mol. The number of hydrogen-bond donors (Lipinski definition) is 0. The third-order valence-electron chi connectivity index (χ3n) is 1.76. The summed E-state index contributed by atoms with van der Waals surface area (Å²) in [5.41, 5.74) is 0. The lowest BCUT2D eigenvalue weighted by Crippen LogP contribution is -1.89. The Kier molecular flexibility index (Phi) is 2.87. The molecule has 0 bridgehead atoms. The van der Waals surface area contributed by atoms with Crippen LogP contribution >= 0.6 is 15.9 Å². The largest absolute Gasteiger partial charge is 0.461 e. The predicted molar refractivity (Wildman–Crippen MR) is 58.5 cm³/mol. The first kappa shape index (κ1) is 9.98. The molecule has 0 saturated heterocycles. The first-order valence-corrected chi connectivity index (χ1v) is 5.06. The molecule has 0 radical (unpaired) electrons. The van der Waals surface area contributed by atoms with Crippen molar-refractivity contribution >= 4 is 27.8 Å². The van der Waals surface area contributed by atoms with E-state index in [1.54, 1.807) is 30.3 Å². The second kappa shape index (κ2) is 4.31. The second-order valence-electron chi connectivity index (χ2n) is 2.82. The van der Waals surface area contributed by atoms with Crippen LogP contribution in [0.3, 0.4) is 0 Å². The highest BCUT2D eigenvalue weighted by atomic mass is 79.9. The fourth-order valence-electron chi connectivity index (χ4n) is 1.08. The summed E-state index contributed by atoms with van der Waals surface area (Å²) in [6, 6.07) is 6.81. The normalized spacial score (nSPS) is 11.0. The second-order valence-corrected chi connectivity index (χ2v) is 3.60. The molecule has 0 amide bonds. The van der Waals surface area contributed by atoms with Gasteiger partial charge in [-0.25, -0.2) is 0 Å². The molecular formula is C11H7BrO3. The third-order valence-corrected chi connectivity index (χ3v) is 2.18. The van der Waals surface area contributed by atoms with Crippen LogP contribution in [-0.4, -0.2) is 5.78 Å². The summed E-state index contributed by atoms with van der Waals surface area (Å²) in [5.74, 6) is 0.742. The van der Waals surface area contributed by atoms with Crippen molar-refractivity contribution < 1.29 is 13.6 Å². The minimum absolute atomic E-state index is 0.187. The van der Waals surface area contributed by atoms with Crippen LogP contribution in [0.15, 0.2) is 50.1 Å². The first-order valence-electron chi connectivity index (χ1n) is 4.27. The van der Waals surface area contributed by atoms with Gasteiger partial charge in [-0.1, -0.05) is 0 Å². The maximum Gasteiger partial charge on any atom is 0.221 e. The minimum atomic E-state index is -0.187. The van der Waals surface area contributed by atoms with E-state index >= 15 is 0 Å². The Balaban J connectivity index is 2.09. The lowest BCUT2D eigenvalue weighted by molar-refractivity contribution is 0.102. The van der Waals surface area contributed by atoms with E-state index in [4.69, 9.17) is 8.83 Å². The summed E-state index contributed by atoms with van der Waals surface area (Å²) in [7, 11) is 0. The molecule has 0 N–H and O–H groups in total. The molecule has 2 rings (SSSR count). The van der Waals surface area contributed by atoms with Crippen molar-refractivity contribution in [2.45, 2.75) is 0 Å². The highest BCUT2D eigenvalue weighted by Crippen LogP contribution is 2.15. The summed E-state index contributed by atoms with van der Waals surface area (Å²) >= 11 is 3.17. The van der Waals surface area contributed by atoms with Crippen molar-refractivity contribution in [2.24, 2.45) is 0 Å². The quantitative estimate of drug-likeness (QED) is 0.631. The van der Waals surface area contributed by atoms with Crippen molar-refractivity contribution in [3.63, 3.8) is 0 Å². The van der Waals surface area contributed by atoms with Crippen LogP contribution in [0.25, 0.3) is 6.08 Å². The Labute approximate surface area is 94.5 Å². The van der Waals surface area contributed by atoms with E-state index in [0.29, 0.717) is 16.2 Å². The number of halogens is 1. The van der Waals surface area contributed by atoms with Crippen LogP contribution in [0.5, 0.6) is 0 Å². The Morgan fingerprint density at radius 1 is 1.33 bits per heavy atom. The lowest BCUT2D eigenvalue weighted by Gasteiger charge is -1.86. The predicted octanol–water partition coefficient (Wildman–Crippen LogP) is 3.53. The number of allylic oxidation sites excluding steroid dienone is 1. The van der Waals surface area contributed by atoms with Gasteiger partial charge in [-0.3, -0.25) is 4.79 Å². The van der Waals surface area contributed by atoms with Gasteiger partial charge in [0.25, 0.3) is 0 Å². The molecule has 0 aliphatic rings. The fraction of sp³-hybridized carbons (Fsp3) is 0. The van der Waals surface area contributed by atoms with Gasteiger partial charge in [-0.05, 0) is 52.3 Å². The molecule has 76 valence electrons. The molecule has 15 heavy (non-hydrogen) atoms. The highest BCUT2D eigenvalue weighted by Gasteiger charge is 2.04. The first-order chi connectivity index (χ1) is 7.25. The van der Waals surface area contributed by atoms with E-state index in [2.05, 4.69) is 15.9 Å². The van der Waals surface area contributed by atoms with Crippen molar-refractivity contribution in [3.05, 3.63) is 52.8 Å². The van der Waals surface area contributed by atoms with Crippen LogP contribution in [-0.2, 0) is 0 Å². The van der Waals surface area contributed by atoms with E-state index in [1.807, 2.05) is 0 Å². The fourth-order valence-corrected chi connectivity index (χ4v) is 1.40. The average Bonchev–Trinajstić information content (AvgIpc) is 2.84. The molecule has 3 nitrogen and oxygen atoms in total. The molecule has 2 aromatic heterocycles. The molecule has 2 heterocycles. The topological polar surface area (TPSA) is 43.4 Å². The Hall–Kier alpha value is -1.55. The van der Waals surface area contributed by atoms with Crippen LogP contribution < -0.4 is 0 Å². The van der Waals surface area contributed by atoms with Crippen LogP contribution in [0, 0.1) is 0 Å². The Morgan fingerprint density at radius 3 is 2.80 bits per heavy atom. The van der Waals surface area contributed by atoms with Crippen molar-refractivity contribution in [1.29, 1.82) is 0 Å². The maximum atomic E-state index is 11.5. The molecule has 0 fully saturated rings. The molecule has 0 aromatic carbocycles. The summed E-state index contributed by atoms with van der Waals surface area (Å²) in [6.45, 7) is 0.